The molecule has 35 heavy (non-hydrogen) atoms. The van der Waals surface area contributed by atoms with Gasteiger partial charge in [0.2, 0.25) is 5.91 Å². The Morgan fingerprint density at radius 1 is 0.971 bits per heavy atom. The Morgan fingerprint density at radius 2 is 1.54 bits per heavy atom. The summed E-state index contributed by atoms with van der Waals surface area (Å²) in [7, 11) is 0. The van der Waals surface area contributed by atoms with Gasteiger partial charge in [-0.05, 0) is 43.0 Å². The Morgan fingerprint density at radius 3 is 2.06 bits per heavy atom. The first-order valence-electron chi connectivity index (χ1n) is 10.5. The van der Waals surface area contributed by atoms with Crippen molar-refractivity contribution in [3.8, 4) is 0 Å². The highest BCUT2D eigenvalue weighted by Crippen LogP contribution is 2.37. The molecule has 0 spiro atoms. The summed E-state index contributed by atoms with van der Waals surface area (Å²) in [6.07, 6.45) is -9.06. The molecule has 5 nitrogen and oxygen atoms in total. The van der Waals surface area contributed by atoms with E-state index in [4.69, 9.17) is 5.73 Å². The first-order valence-corrected chi connectivity index (χ1v) is 10.5. The maximum absolute atomic E-state index is 13.3. The summed E-state index contributed by atoms with van der Waals surface area (Å²) in [5.74, 6) is -1.48. The molecule has 1 aliphatic heterocycles. The zero-order valence-corrected chi connectivity index (χ0v) is 19.1. The third kappa shape index (κ3) is 7.60. The van der Waals surface area contributed by atoms with E-state index in [9.17, 15) is 35.9 Å². The number of nitrogens with zero attached hydrogens (tertiary/aromatic N) is 1. The van der Waals surface area contributed by atoms with Crippen molar-refractivity contribution in [3.05, 3.63) is 70.8 Å². The Bertz CT molecular complexity index is 998. The summed E-state index contributed by atoms with van der Waals surface area (Å²) in [6.45, 7) is 0.00357. The Kier molecular flexibility index (Phi) is 9.18. The number of piperidine rings is 1. The number of carbonyl (C=O) groups excluding carboxylic acids is 2. The van der Waals surface area contributed by atoms with Crippen LogP contribution in [0.3, 0.4) is 0 Å². The summed E-state index contributed by atoms with van der Waals surface area (Å²) < 4.78 is 79.6. The lowest BCUT2D eigenvalue weighted by Gasteiger charge is -2.40. The molecule has 0 aromatic heterocycles. The monoisotopic (exact) mass is 523 g/mol. The normalized spacial score (nSPS) is 18.6. The van der Waals surface area contributed by atoms with E-state index >= 15 is 0 Å². The predicted octanol–water partition coefficient (Wildman–Crippen LogP) is 4.44. The molecule has 0 bridgehead atoms. The van der Waals surface area contributed by atoms with Crippen LogP contribution in [0.15, 0.2) is 48.5 Å². The van der Waals surface area contributed by atoms with Crippen molar-refractivity contribution in [2.45, 2.75) is 43.7 Å². The van der Waals surface area contributed by atoms with E-state index in [0.717, 1.165) is 5.56 Å². The van der Waals surface area contributed by atoms with Gasteiger partial charge in [-0.2, -0.15) is 26.3 Å². The number of hydrogen-bond donors (Lipinski definition) is 2. The molecule has 0 saturated carbocycles. The first-order chi connectivity index (χ1) is 15.8. The summed E-state index contributed by atoms with van der Waals surface area (Å²) >= 11 is 0. The predicted molar refractivity (Wildman–Crippen MR) is 119 cm³/mol. The smallest absolute Gasteiger partial charge is 0.369 e. The number of primary amides is 1. The molecule has 192 valence electrons. The zero-order valence-electron chi connectivity index (χ0n) is 18.3. The SMILES string of the molecule is Cl.NC(=O)CN[C@H]1CCN(C(=O)c2cc(C(F)(F)F)cc(C(F)(F)F)c2)[C@H](Cc2ccccc2)C1. The fourth-order valence-corrected chi connectivity index (χ4v) is 4.07. The highest BCUT2D eigenvalue weighted by molar-refractivity contribution is 5.95. The van der Waals surface area contributed by atoms with Gasteiger partial charge in [-0.25, -0.2) is 0 Å². The lowest BCUT2D eigenvalue weighted by molar-refractivity contribution is -0.143. The van der Waals surface area contributed by atoms with Crippen LogP contribution in [0, 0.1) is 0 Å². The van der Waals surface area contributed by atoms with E-state index in [-0.39, 0.29) is 37.6 Å². The molecule has 2 aromatic rings. The highest BCUT2D eigenvalue weighted by atomic mass is 35.5. The van der Waals surface area contributed by atoms with Crippen molar-refractivity contribution in [2.75, 3.05) is 13.1 Å². The fraction of sp³-hybridized carbons (Fsp3) is 0.391. The average molecular weight is 524 g/mol. The van der Waals surface area contributed by atoms with E-state index < -0.39 is 46.9 Å². The van der Waals surface area contributed by atoms with Crippen LogP contribution in [0.2, 0.25) is 0 Å². The molecule has 1 aliphatic rings. The molecule has 0 radical (unpaired) electrons. The number of alkyl halides is 6. The molecule has 0 unspecified atom stereocenters. The van der Waals surface area contributed by atoms with E-state index in [1.807, 2.05) is 12.1 Å². The van der Waals surface area contributed by atoms with Gasteiger partial charge in [0.15, 0.2) is 0 Å². The van der Waals surface area contributed by atoms with E-state index in [1.54, 1.807) is 18.2 Å². The molecule has 1 heterocycles. The van der Waals surface area contributed by atoms with Crippen molar-refractivity contribution >= 4 is 24.2 Å². The van der Waals surface area contributed by atoms with Crippen LogP contribution >= 0.6 is 12.4 Å². The molecule has 3 rings (SSSR count). The van der Waals surface area contributed by atoms with Crippen LogP contribution in [-0.2, 0) is 23.6 Å². The second kappa shape index (κ2) is 11.3. The molecule has 0 aliphatic carbocycles. The van der Waals surface area contributed by atoms with Crippen LogP contribution < -0.4 is 11.1 Å². The quantitative estimate of drug-likeness (QED) is 0.550. The van der Waals surface area contributed by atoms with Crippen LogP contribution in [0.1, 0.15) is 39.9 Å². The maximum atomic E-state index is 13.3. The van der Waals surface area contributed by atoms with E-state index in [0.29, 0.717) is 31.4 Å². The van der Waals surface area contributed by atoms with Crippen molar-refractivity contribution in [1.82, 2.24) is 10.2 Å². The Hall–Kier alpha value is -2.79. The van der Waals surface area contributed by atoms with Crippen molar-refractivity contribution in [2.24, 2.45) is 5.73 Å². The minimum Gasteiger partial charge on any atom is -0.369 e. The van der Waals surface area contributed by atoms with Crippen LogP contribution in [0.5, 0.6) is 0 Å². The number of hydrogen-bond acceptors (Lipinski definition) is 3. The highest BCUT2D eigenvalue weighted by Gasteiger charge is 2.39. The number of halogens is 7. The van der Waals surface area contributed by atoms with E-state index in [1.165, 1.54) is 4.90 Å². The van der Waals surface area contributed by atoms with Crippen LogP contribution in [0.4, 0.5) is 26.3 Å². The molecule has 2 atom stereocenters. The zero-order chi connectivity index (χ0) is 25.1. The number of carbonyl (C=O) groups is 2. The number of nitrogens with two attached hydrogens (primary N) is 1. The van der Waals surface area contributed by atoms with Gasteiger partial charge < -0.3 is 16.0 Å². The topological polar surface area (TPSA) is 75.4 Å². The fourth-order valence-electron chi connectivity index (χ4n) is 4.07. The average Bonchev–Trinajstić information content (AvgIpc) is 2.76. The second-order valence-electron chi connectivity index (χ2n) is 8.21. The van der Waals surface area contributed by atoms with Crippen molar-refractivity contribution < 1.29 is 35.9 Å². The second-order valence-corrected chi connectivity index (χ2v) is 8.21. The lowest BCUT2D eigenvalue weighted by Crippen LogP contribution is -2.52. The summed E-state index contributed by atoms with van der Waals surface area (Å²) in [4.78, 5) is 25.6. The Labute approximate surface area is 204 Å². The maximum Gasteiger partial charge on any atom is 0.416 e. The molecular weight excluding hydrogens is 500 g/mol. The minimum atomic E-state index is -5.05. The molecule has 1 saturated heterocycles. The van der Waals surface area contributed by atoms with Gasteiger partial charge in [0.1, 0.15) is 0 Å². The van der Waals surface area contributed by atoms with Gasteiger partial charge in [-0.1, -0.05) is 30.3 Å². The van der Waals surface area contributed by atoms with Gasteiger partial charge in [0.25, 0.3) is 5.91 Å². The lowest BCUT2D eigenvalue weighted by atomic mass is 9.91. The van der Waals surface area contributed by atoms with Crippen molar-refractivity contribution in [1.29, 1.82) is 0 Å². The van der Waals surface area contributed by atoms with Gasteiger partial charge in [0, 0.05) is 24.2 Å². The summed E-state index contributed by atoms with van der Waals surface area (Å²) in [6, 6.07) is 9.19. The van der Waals surface area contributed by atoms with Gasteiger partial charge in [-0.15, -0.1) is 12.4 Å². The first kappa shape index (κ1) is 28.4. The third-order valence-electron chi connectivity index (χ3n) is 5.69. The van der Waals surface area contributed by atoms with Gasteiger partial charge in [-0.3, -0.25) is 9.59 Å². The third-order valence-corrected chi connectivity index (χ3v) is 5.69. The minimum absolute atomic E-state index is 0. The molecule has 12 heteroatoms. The van der Waals surface area contributed by atoms with Crippen LogP contribution in [-0.4, -0.2) is 41.9 Å². The molecule has 1 fully saturated rings. The number of likely N-dealkylation sites (tertiary alicyclic amines) is 1. The summed E-state index contributed by atoms with van der Waals surface area (Å²) in [5, 5.41) is 2.98. The number of amides is 2. The van der Waals surface area contributed by atoms with Gasteiger partial charge in [0.05, 0.1) is 17.7 Å². The van der Waals surface area contributed by atoms with Gasteiger partial charge >= 0.3 is 12.4 Å². The largest absolute Gasteiger partial charge is 0.416 e. The number of nitrogens with one attached hydrogen (secondary N) is 1. The standard InChI is InChI=1S/C23H23F6N3O2.ClH/c24-22(25,26)16-9-15(10-17(11-16)23(27,28)29)21(34)32-7-6-18(31-13-20(30)33)12-19(32)8-14-4-2-1-3-5-14;/h1-5,9-11,18-19,31H,6-8,12-13H2,(H2,30,33);1H/t18-,19+;/m0./s1. The van der Waals surface area contributed by atoms with E-state index in [2.05, 4.69) is 5.32 Å². The molecule has 2 amide bonds. The Balaban J connectivity index is 0.00000432. The van der Waals surface area contributed by atoms with Crippen molar-refractivity contribution in [3.63, 3.8) is 0 Å². The molecular formula is C23H24ClF6N3O2. The number of benzene rings is 2. The summed E-state index contributed by atoms with van der Waals surface area (Å²) in [5.41, 5.74) is 2.26. The number of rotatable bonds is 6. The van der Waals surface area contributed by atoms with Crippen LogP contribution in [0.25, 0.3) is 0 Å². The molecule has 3 N–H and O–H groups in total. The molecule has 2 aromatic carbocycles.